The van der Waals surface area contributed by atoms with E-state index in [1.807, 2.05) is 29.5 Å². The molecule has 0 amide bonds. The van der Waals surface area contributed by atoms with Gasteiger partial charge in [-0.2, -0.15) is 17.7 Å². The van der Waals surface area contributed by atoms with E-state index in [1.54, 1.807) is 16.8 Å². The molecule has 0 spiro atoms. The Hall–Kier alpha value is -0.500. The quantitative estimate of drug-likeness (QED) is 0.420. The van der Waals surface area contributed by atoms with Gasteiger partial charge in [0, 0.05) is 15.8 Å². The van der Waals surface area contributed by atoms with E-state index in [0.717, 1.165) is 3.57 Å². The average Bonchev–Trinajstić information content (AvgIpc) is 2.54. The number of hydrogen-bond acceptors (Lipinski definition) is 0. The standard InChI is InChI=1S/C11H10ClF3IN2/c1-2-17-4-3-8-9(10(17)12)7(16)5-18(8)6-11(13,14)15/h3-5H,2,6H2,1H3/q+1. The van der Waals surface area contributed by atoms with Crippen molar-refractivity contribution in [2.24, 2.45) is 0 Å². The minimum Gasteiger partial charge on any atom is -0.337 e. The third kappa shape index (κ3) is 2.59. The molecule has 0 aliphatic heterocycles. The lowest BCUT2D eigenvalue weighted by atomic mass is 10.3. The van der Waals surface area contributed by atoms with Crippen LogP contribution >= 0.6 is 34.2 Å². The van der Waals surface area contributed by atoms with Gasteiger partial charge < -0.3 is 4.57 Å². The number of fused-ring (bicyclic) bond motifs is 1. The van der Waals surface area contributed by atoms with Gasteiger partial charge in [-0.15, -0.1) is 0 Å². The fourth-order valence-corrected chi connectivity index (χ4v) is 3.26. The molecule has 18 heavy (non-hydrogen) atoms. The van der Waals surface area contributed by atoms with Gasteiger partial charge in [0.15, 0.2) is 6.20 Å². The van der Waals surface area contributed by atoms with Gasteiger partial charge in [-0.3, -0.25) is 0 Å². The van der Waals surface area contributed by atoms with Crippen LogP contribution in [0.4, 0.5) is 13.2 Å². The molecule has 0 radical (unpaired) electrons. The molecule has 0 aliphatic rings. The van der Waals surface area contributed by atoms with Crippen LogP contribution in [0.15, 0.2) is 18.5 Å². The van der Waals surface area contributed by atoms with Crippen LogP contribution in [0.1, 0.15) is 6.92 Å². The first kappa shape index (κ1) is 13.9. The van der Waals surface area contributed by atoms with E-state index in [4.69, 9.17) is 11.6 Å². The number of aromatic nitrogens is 2. The van der Waals surface area contributed by atoms with Crippen molar-refractivity contribution in [2.45, 2.75) is 26.2 Å². The van der Waals surface area contributed by atoms with Gasteiger partial charge >= 0.3 is 6.18 Å². The fourth-order valence-electron chi connectivity index (χ4n) is 1.86. The predicted octanol–water partition coefficient (Wildman–Crippen LogP) is 3.77. The number of nitrogens with zero attached hydrogens (tertiary/aromatic N) is 2. The number of rotatable bonds is 2. The molecule has 7 heteroatoms. The fraction of sp³-hybridized carbons (Fsp3) is 0.364. The summed E-state index contributed by atoms with van der Waals surface area (Å²) in [6.45, 7) is 1.60. The molecule has 2 aromatic rings. The van der Waals surface area contributed by atoms with Crippen molar-refractivity contribution in [1.29, 1.82) is 0 Å². The van der Waals surface area contributed by atoms with Crippen molar-refractivity contribution in [3.8, 4) is 0 Å². The summed E-state index contributed by atoms with van der Waals surface area (Å²) in [5, 5.41) is 1.14. The predicted molar refractivity (Wildman–Crippen MR) is 71.6 cm³/mol. The first-order valence-corrected chi connectivity index (χ1v) is 6.72. The van der Waals surface area contributed by atoms with E-state index in [1.165, 1.54) is 10.8 Å². The summed E-state index contributed by atoms with van der Waals surface area (Å²) in [5.41, 5.74) is 0.506. The highest BCUT2D eigenvalue weighted by molar-refractivity contribution is 14.1. The molecule has 0 aromatic carbocycles. The van der Waals surface area contributed by atoms with Crippen LogP contribution in [0.3, 0.4) is 0 Å². The highest BCUT2D eigenvalue weighted by Crippen LogP contribution is 2.29. The number of pyridine rings is 1. The minimum absolute atomic E-state index is 0.473. The maximum absolute atomic E-state index is 12.5. The molecule has 0 aliphatic carbocycles. The molecule has 0 N–H and O–H groups in total. The highest BCUT2D eigenvalue weighted by Gasteiger charge is 2.30. The van der Waals surface area contributed by atoms with Crippen molar-refractivity contribution in [3.63, 3.8) is 0 Å². The summed E-state index contributed by atoms with van der Waals surface area (Å²) in [6.07, 6.45) is -1.06. The lowest BCUT2D eigenvalue weighted by molar-refractivity contribution is -0.690. The zero-order valence-corrected chi connectivity index (χ0v) is 12.3. The molecule has 98 valence electrons. The van der Waals surface area contributed by atoms with Crippen LogP contribution in [0.5, 0.6) is 0 Å². The van der Waals surface area contributed by atoms with E-state index in [9.17, 15) is 13.2 Å². The normalized spacial score (nSPS) is 12.3. The topological polar surface area (TPSA) is 8.81 Å². The SMILES string of the molecule is CC[n+]1ccc2c(c(I)cn2CC(F)(F)F)c1Cl. The molecule has 0 atom stereocenters. The number of aryl methyl sites for hydroxylation is 1. The maximum Gasteiger partial charge on any atom is 0.406 e. The number of alkyl halides is 3. The van der Waals surface area contributed by atoms with E-state index in [0.29, 0.717) is 22.6 Å². The van der Waals surface area contributed by atoms with Crippen LogP contribution in [0.25, 0.3) is 10.9 Å². The van der Waals surface area contributed by atoms with Crippen LogP contribution in [0, 0.1) is 3.57 Å². The van der Waals surface area contributed by atoms with E-state index >= 15 is 0 Å². The molecular formula is C11H10ClF3IN2+. The summed E-state index contributed by atoms with van der Waals surface area (Å²) >= 11 is 8.20. The Bertz CT molecular complexity index is 592. The average molecular weight is 390 g/mol. The Morgan fingerprint density at radius 1 is 1.44 bits per heavy atom. The van der Waals surface area contributed by atoms with Gasteiger partial charge in [-0.05, 0) is 41.1 Å². The zero-order valence-electron chi connectivity index (χ0n) is 9.43. The molecule has 0 bridgehead atoms. The summed E-state index contributed by atoms with van der Waals surface area (Å²) in [6, 6.07) is 1.67. The monoisotopic (exact) mass is 389 g/mol. The Morgan fingerprint density at radius 2 is 2.11 bits per heavy atom. The van der Waals surface area contributed by atoms with Crippen molar-refractivity contribution in [3.05, 3.63) is 27.2 Å². The molecule has 2 rings (SSSR count). The Kier molecular flexibility index (Phi) is 3.77. The van der Waals surface area contributed by atoms with Gasteiger partial charge in [0.1, 0.15) is 13.1 Å². The number of halogens is 5. The van der Waals surface area contributed by atoms with Crippen molar-refractivity contribution in [2.75, 3.05) is 0 Å². The third-order valence-electron chi connectivity index (χ3n) is 2.63. The smallest absolute Gasteiger partial charge is 0.337 e. The highest BCUT2D eigenvalue weighted by atomic mass is 127. The largest absolute Gasteiger partial charge is 0.406 e. The first-order valence-electron chi connectivity index (χ1n) is 5.26. The van der Waals surface area contributed by atoms with Gasteiger partial charge in [-0.1, -0.05) is 0 Å². The van der Waals surface area contributed by atoms with Crippen molar-refractivity contribution >= 4 is 45.1 Å². The lowest BCUT2D eigenvalue weighted by Gasteiger charge is -2.08. The third-order valence-corrected chi connectivity index (χ3v) is 3.86. The van der Waals surface area contributed by atoms with Crippen molar-refractivity contribution < 1.29 is 17.7 Å². The van der Waals surface area contributed by atoms with Gasteiger partial charge in [-0.25, -0.2) is 0 Å². The molecule has 0 saturated carbocycles. The molecule has 2 heterocycles. The number of hydrogen-bond donors (Lipinski definition) is 0. The molecule has 2 aromatic heterocycles. The molecular weight excluding hydrogens is 379 g/mol. The second kappa shape index (κ2) is 4.88. The van der Waals surface area contributed by atoms with E-state index in [-0.39, 0.29) is 0 Å². The zero-order chi connectivity index (χ0) is 13.5. The van der Waals surface area contributed by atoms with Crippen LogP contribution in [0.2, 0.25) is 5.15 Å². The van der Waals surface area contributed by atoms with Gasteiger partial charge in [0.25, 0.3) is 5.15 Å². The van der Waals surface area contributed by atoms with Crippen LogP contribution in [-0.2, 0) is 13.1 Å². The summed E-state index contributed by atoms with van der Waals surface area (Å²) in [7, 11) is 0. The Balaban J connectivity index is 2.63. The lowest BCUT2D eigenvalue weighted by Crippen LogP contribution is -2.33. The van der Waals surface area contributed by atoms with Crippen LogP contribution < -0.4 is 4.57 Å². The minimum atomic E-state index is -4.24. The maximum atomic E-state index is 12.5. The van der Waals surface area contributed by atoms with Gasteiger partial charge in [0.05, 0.1) is 10.9 Å². The Labute approximate surface area is 120 Å². The summed E-state index contributed by atoms with van der Waals surface area (Å²) in [5.74, 6) is 0. The Morgan fingerprint density at radius 3 is 2.67 bits per heavy atom. The van der Waals surface area contributed by atoms with Crippen LogP contribution in [-0.4, -0.2) is 10.7 Å². The molecule has 2 nitrogen and oxygen atoms in total. The van der Waals surface area contributed by atoms with E-state index < -0.39 is 12.7 Å². The second-order valence-electron chi connectivity index (χ2n) is 3.87. The molecule has 0 fully saturated rings. The summed E-state index contributed by atoms with van der Waals surface area (Å²) < 4.78 is 41.1. The molecule has 0 unspecified atom stereocenters. The van der Waals surface area contributed by atoms with Crippen molar-refractivity contribution in [1.82, 2.24) is 4.57 Å². The molecule has 0 saturated heterocycles. The van der Waals surface area contributed by atoms with Gasteiger partial charge in [0.2, 0.25) is 0 Å². The first-order chi connectivity index (χ1) is 8.33. The summed E-state index contributed by atoms with van der Waals surface area (Å²) in [4.78, 5) is 0. The second-order valence-corrected chi connectivity index (χ2v) is 5.39. The van der Waals surface area contributed by atoms with E-state index in [2.05, 4.69) is 0 Å².